The second kappa shape index (κ2) is 10.2. The van der Waals surface area contributed by atoms with E-state index >= 15 is 0 Å². The predicted molar refractivity (Wildman–Crippen MR) is 130 cm³/mol. The summed E-state index contributed by atoms with van der Waals surface area (Å²) in [6, 6.07) is 9.36. The fraction of sp³-hybridized carbons (Fsp3) is 0.417. The van der Waals surface area contributed by atoms with Gasteiger partial charge < -0.3 is 15.4 Å². The SMILES string of the molecule is COc1ccc2nccc(CCN3CC[C@H](NCc4ccc5c(n4)NC(=O)CS5)[C@@H](F)C3)c2n1. The van der Waals surface area contributed by atoms with Crippen molar-refractivity contribution in [3.05, 3.63) is 47.8 Å². The number of thioether (sulfide) groups is 1. The Balaban J connectivity index is 1.14. The normalized spacial score (nSPS) is 20.7. The summed E-state index contributed by atoms with van der Waals surface area (Å²) >= 11 is 1.48. The van der Waals surface area contributed by atoms with Gasteiger partial charge in [0.1, 0.15) is 12.0 Å². The van der Waals surface area contributed by atoms with Crippen LogP contribution in [0.3, 0.4) is 0 Å². The number of aromatic nitrogens is 3. The zero-order valence-corrected chi connectivity index (χ0v) is 19.8. The molecule has 0 spiro atoms. The van der Waals surface area contributed by atoms with Gasteiger partial charge in [0, 0.05) is 37.9 Å². The molecule has 0 radical (unpaired) electrons. The van der Waals surface area contributed by atoms with Gasteiger partial charge in [-0.1, -0.05) is 0 Å². The minimum absolute atomic E-state index is 0.0408. The molecule has 1 saturated heterocycles. The molecule has 5 rings (SSSR count). The highest BCUT2D eigenvalue weighted by Gasteiger charge is 2.29. The van der Waals surface area contributed by atoms with Gasteiger partial charge in [0.2, 0.25) is 11.8 Å². The van der Waals surface area contributed by atoms with Crippen molar-refractivity contribution in [2.45, 2.75) is 36.5 Å². The summed E-state index contributed by atoms with van der Waals surface area (Å²) in [4.78, 5) is 28.2. The molecule has 3 aromatic rings. The van der Waals surface area contributed by atoms with Gasteiger partial charge in [-0.15, -0.1) is 11.8 Å². The Kier molecular flexibility index (Phi) is 6.89. The molecule has 0 saturated carbocycles. The van der Waals surface area contributed by atoms with Crippen LogP contribution in [0, 0.1) is 0 Å². The number of hydrogen-bond donors (Lipinski definition) is 2. The number of rotatable bonds is 7. The maximum absolute atomic E-state index is 15.0. The standard InChI is InChI=1S/C24H27FN6O2S/c1-33-22-5-3-19-23(30-22)15(6-9-26-19)7-10-31-11-8-18(17(25)13-31)27-12-16-2-4-20-24(28-16)29-21(32)14-34-20/h2-6,9,17-18,27H,7-8,10-14H2,1H3,(H,28,29,32)/t17-,18-/m0/s1. The van der Waals surface area contributed by atoms with Crippen LogP contribution in [-0.4, -0.2) is 70.5 Å². The Labute approximate surface area is 201 Å². The van der Waals surface area contributed by atoms with Gasteiger partial charge in [-0.25, -0.2) is 14.4 Å². The van der Waals surface area contributed by atoms with Gasteiger partial charge in [-0.3, -0.25) is 14.7 Å². The molecule has 1 amide bonds. The first-order valence-corrected chi connectivity index (χ1v) is 12.4. The number of halogens is 1. The number of anilines is 1. The van der Waals surface area contributed by atoms with E-state index in [4.69, 9.17) is 4.74 Å². The summed E-state index contributed by atoms with van der Waals surface area (Å²) in [5.41, 5.74) is 3.55. The molecule has 2 aliphatic heterocycles. The van der Waals surface area contributed by atoms with Gasteiger partial charge in [0.25, 0.3) is 0 Å². The summed E-state index contributed by atoms with van der Waals surface area (Å²) in [6.45, 7) is 2.44. The number of amides is 1. The lowest BCUT2D eigenvalue weighted by molar-refractivity contribution is -0.113. The van der Waals surface area contributed by atoms with Gasteiger partial charge in [0.15, 0.2) is 0 Å². The molecule has 8 nitrogen and oxygen atoms in total. The second-order valence-corrected chi connectivity index (χ2v) is 9.54. The molecule has 0 bridgehead atoms. The zero-order chi connectivity index (χ0) is 23.5. The number of methoxy groups -OCH3 is 1. The van der Waals surface area contributed by atoms with Crippen LogP contribution in [0.1, 0.15) is 17.7 Å². The smallest absolute Gasteiger partial charge is 0.235 e. The van der Waals surface area contributed by atoms with Gasteiger partial charge >= 0.3 is 0 Å². The Morgan fingerprint density at radius 3 is 3.03 bits per heavy atom. The van der Waals surface area contributed by atoms with E-state index in [1.807, 2.05) is 24.3 Å². The third-order valence-corrected chi connectivity index (χ3v) is 7.30. The predicted octanol–water partition coefficient (Wildman–Crippen LogP) is 2.82. The molecule has 0 unspecified atom stereocenters. The third-order valence-electron chi connectivity index (χ3n) is 6.25. The fourth-order valence-corrected chi connectivity index (χ4v) is 5.15. The molecule has 178 valence electrons. The van der Waals surface area contributed by atoms with Gasteiger partial charge in [0.05, 0.1) is 34.5 Å². The molecule has 3 aromatic heterocycles. The van der Waals surface area contributed by atoms with Crippen LogP contribution >= 0.6 is 11.8 Å². The largest absolute Gasteiger partial charge is 0.481 e. The van der Waals surface area contributed by atoms with E-state index in [2.05, 4.69) is 30.5 Å². The first kappa shape index (κ1) is 22.9. The first-order chi connectivity index (χ1) is 16.6. The molecular formula is C24H27FN6O2S. The van der Waals surface area contributed by atoms with Crippen LogP contribution in [-0.2, 0) is 17.8 Å². The van der Waals surface area contributed by atoms with E-state index in [1.54, 1.807) is 19.4 Å². The van der Waals surface area contributed by atoms with Crippen molar-refractivity contribution < 1.29 is 13.9 Å². The molecule has 0 aromatic carbocycles. The Bertz CT molecular complexity index is 1200. The van der Waals surface area contributed by atoms with Crippen LogP contribution < -0.4 is 15.4 Å². The number of pyridine rings is 3. The average Bonchev–Trinajstić information content (AvgIpc) is 2.86. The molecule has 0 aliphatic carbocycles. The van der Waals surface area contributed by atoms with E-state index in [-0.39, 0.29) is 11.9 Å². The number of alkyl halides is 1. The number of hydrogen-bond acceptors (Lipinski definition) is 8. The third kappa shape index (κ3) is 5.13. The van der Waals surface area contributed by atoms with E-state index in [9.17, 15) is 9.18 Å². The summed E-state index contributed by atoms with van der Waals surface area (Å²) in [5, 5.41) is 6.12. The molecule has 2 aliphatic rings. The van der Waals surface area contributed by atoms with Crippen molar-refractivity contribution in [2.75, 3.05) is 37.8 Å². The quantitative estimate of drug-likeness (QED) is 0.531. The summed E-state index contributed by atoms with van der Waals surface area (Å²) in [7, 11) is 1.60. The Morgan fingerprint density at radius 2 is 2.18 bits per heavy atom. The number of carbonyl (C=O) groups is 1. The number of ether oxygens (including phenoxy) is 1. The molecule has 5 heterocycles. The van der Waals surface area contributed by atoms with Gasteiger partial charge in [-0.05, 0) is 49.2 Å². The van der Waals surface area contributed by atoms with E-state index in [1.165, 1.54) is 11.8 Å². The van der Waals surface area contributed by atoms with Crippen LogP contribution in [0.15, 0.2) is 41.4 Å². The van der Waals surface area contributed by atoms with Crippen molar-refractivity contribution >= 4 is 34.5 Å². The van der Waals surface area contributed by atoms with Crippen molar-refractivity contribution in [3.63, 3.8) is 0 Å². The highest BCUT2D eigenvalue weighted by Crippen LogP contribution is 2.29. The van der Waals surface area contributed by atoms with Crippen molar-refractivity contribution in [1.82, 2.24) is 25.2 Å². The minimum Gasteiger partial charge on any atom is -0.481 e. The maximum Gasteiger partial charge on any atom is 0.235 e. The van der Waals surface area contributed by atoms with Crippen LogP contribution in [0.5, 0.6) is 5.88 Å². The molecule has 34 heavy (non-hydrogen) atoms. The monoisotopic (exact) mass is 482 g/mol. The Hall–Kier alpha value is -2.82. The maximum atomic E-state index is 15.0. The van der Waals surface area contributed by atoms with Crippen molar-refractivity contribution in [1.29, 1.82) is 0 Å². The van der Waals surface area contributed by atoms with Gasteiger partial charge in [-0.2, -0.15) is 0 Å². The Morgan fingerprint density at radius 1 is 1.26 bits per heavy atom. The lowest BCUT2D eigenvalue weighted by atomic mass is 10.0. The number of likely N-dealkylation sites (tertiary alicyclic amines) is 1. The lowest BCUT2D eigenvalue weighted by Gasteiger charge is -2.35. The van der Waals surface area contributed by atoms with Crippen LogP contribution in [0.4, 0.5) is 10.2 Å². The van der Waals surface area contributed by atoms with E-state index in [0.29, 0.717) is 30.5 Å². The number of piperidine rings is 1. The highest BCUT2D eigenvalue weighted by molar-refractivity contribution is 8.00. The van der Waals surface area contributed by atoms with Crippen LogP contribution in [0.25, 0.3) is 11.0 Å². The fourth-order valence-electron chi connectivity index (χ4n) is 4.39. The zero-order valence-electron chi connectivity index (χ0n) is 19.0. The topological polar surface area (TPSA) is 92.3 Å². The second-order valence-electron chi connectivity index (χ2n) is 8.52. The number of nitrogens with zero attached hydrogens (tertiary/aromatic N) is 4. The number of carbonyl (C=O) groups excluding carboxylic acids is 1. The number of fused-ring (bicyclic) bond motifs is 2. The van der Waals surface area contributed by atoms with E-state index < -0.39 is 6.17 Å². The molecule has 2 atom stereocenters. The molecular weight excluding hydrogens is 455 g/mol. The average molecular weight is 483 g/mol. The minimum atomic E-state index is -0.964. The summed E-state index contributed by atoms with van der Waals surface area (Å²) < 4.78 is 20.2. The van der Waals surface area contributed by atoms with Crippen molar-refractivity contribution in [2.24, 2.45) is 0 Å². The molecule has 2 N–H and O–H groups in total. The highest BCUT2D eigenvalue weighted by atomic mass is 32.2. The molecule has 1 fully saturated rings. The first-order valence-electron chi connectivity index (χ1n) is 11.4. The number of nitrogens with one attached hydrogen (secondary N) is 2. The van der Waals surface area contributed by atoms with Crippen LogP contribution in [0.2, 0.25) is 0 Å². The summed E-state index contributed by atoms with van der Waals surface area (Å²) in [5.74, 6) is 1.53. The van der Waals surface area contributed by atoms with E-state index in [0.717, 1.165) is 53.1 Å². The van der Waals surface area contributed by atoms with Crippen molar-refractivity contribution in [3.8, 4) is 5.88 Å². The molecule has 10 heteroatoms. The lowest BCUT2D eigenvalue weighted by Crippen LogP contribution is -2.51. The summed E-state index contributed by atoms with van der Waals surface area (Å²) in [6.07, 6.45) is 2.32.